The molecule has 2 saturated heterocycles. The van der Waals surface area contributed by atoms with Gasteiger partial charge in [0, 0.05) is 25.5 Å². The lowest BCUT2D eigenvalue weighted by molar-refractivity contribution is -0.126. The molecule has 0 bridgehead atoms. The van der Waals surface area contributed by atoms with Gasteiger partial charge in [-0.1, -0.05) is 0 Å². The van der Waals surface area contributed by atoms with Gasteiger partial charge in [-0.3, -0.25) is 9.78 Å². The average molecular weight is 340 g/mol. The Morgan fingerprint density at radius 2 is 2.24 bits per heavy atom. The number of aromatic nitrogens is 4. The molecule has 8 nitrogen and oxygen atoms in total. The Kier molecular flexibility index (Phi) is 4.27. The van der Waals surface area contributed by atoms with Crippen LogP contribution in [0, 0.1) is 12.8 Å². The molecule has 2 aliphatic rings. The van der Waals surface area contributed by atoms with E-state index >= 15 is 0 Å². The number of carbonyl (C=O) groups excluding carboxylic acids is 1. The Morgan fingerprint density at radius 3 is 3.00 bits per heavy atom. The molecule has 4 rings (SSSR count). The standard InChI is InChI=1S/C17H20N6O2/c1-11-2-3-16(22-21-11)23-7-4-12-8-13(25-14(12)10-23)17(24)20-15-9-18-5-6-19-15/h2-3,5-6,9,12-14H,4,7-8,10H2,1H3,(H,19,20,24)/t12-,13-,14+/m1/s1. The lowest BCUT2D eigenvalue weighted by Crippen LogP contribution is -2.43. The second-order valence-corrected chi connectivity index (χ2v) is 6.51. The Hall–Kier alpha value is -2.61. The molecule has 0 spiro atoms. The molecule has 3 atom stereocenters. The molecule has 0 radical (unpaired) electrons. The fraction of sp³-hybridized carbons (Fsp3) is 0.471. The van der Waals surface area contributed by atoms with E-state index in [9.17, 15) is 4.79 Å². The number of nitrogens with one attached hydrogen (secondary N) is 1. The molecule has 0 aliphatic carbocycles. The topological polar surface area (TPSA) is 93.1 Å². The van der Waals surface area contributed by atoms with Crippen molar-refractivity contribution in [2.24, 2.45) is 5.92 Å². The van der Waals surface area contributed by atoms with Gasteiger partial charge in [-0.15, -0.1) is 5.10 Å². The number of ether oxygens (including phenoxy) is 1. The summed E-state index contributed by atoms with van der Waals surface area (Å²) < 4.78 is 6.02. The molecule has 0 aromatic carbocycles. The minimum atomic E-state index is -0.443. The van der Waals surface area contributed by atoms with Crippen molar-refractivity contribution in [1.29, 1.82) is 0 Å². The van der Waals surface area contributed by atoms with Crippen LogP contribution in [0.5, 0.6) is 0 Å². The Morgan fingerprint density at radius 1 is 1.32 bits per heavy atom. The summed E-state index contributed by atoms with van der Waals surface area (Å²) in [7, 11) is 0. The van der Waals surface area contributed by atoms with Crippen LogP contribution in [-0.2, 0) is 9.53 Å². The molecule has 1 N–H and O–H groups in total. The van der Waals surface area contributed by atoms with Crippen LogP contribution < -0.4 is 10.2 Å². The Bertz CT molecular complexity index is 739. The zero-order chi connectivity index (χ0) is 17.2. The van der Waals surface area contributed by atoms with E-state index in [1.807, 2.05) is 19.1 Å². The minimum Gasteiger partial charge on any atom is -0.363 e. The maximum Gasteiger partial charge on any atom is 0.254 e. The molecule has 2 fully saturated rings. The maximum atomic E-state index is 12.4. The minimum absolute atomic E-state index is 0.0365. The van der Waals surface area contributed by atoms with Gasteiger partial charge in [-0.25, -0.2) is 4.98 Å². The summed E-state index contributed by atoms with van der Waals surface area (Å²) >= 11 is 0. The summed E-state index contributed by atoms with van der Waals surface area (Å²) in [5, 5.41) is 11.1. The zero-order valence-electron chi connectivity index (χ0n) is 14.0. The number of aryl methyl sites for hydroxylation is 1. The third-order valence-electron chi connectivity index (χ3n) is 4.77. The summed E-state index contributed by atoms with van der Waals surface area (Å²) in [4.78, 5) is 22.6. The van der Waals surface area contributed by atoms with E-state index in [0.717, 1.165) is 37.4 Å². The number of piperidine rings is 1. The first kappa shape index (κ1) is 15.9. The van der Waals surface area contributed by atoms with E-state index in [1.54, 1.807) is 12.4 Å². The molecule has 8 heteroatoms. The van der Waals surface area contributed by atoms with Crippen molar-refractivity contribution in [2.75, 3.05) is 23.3 Å². The second kappa shape index (κ2) is 6.72. The molecule has 0 saturated carbocycles. The first-order valence-electron chi connectivity index (χ1n) is 8.46. The normalized spacial score (nSPS) is 25.5. The predicted molar refractivity (Wildman–Crippen MR) is 91.0 cm³/mol. The van der Waals surface area contributed by atoms with Gasteiger partial charge in [0.2, 0.25) is 0 Å². The summed E-state index contributed by atoms with van der Waals surface area (Å²) in [6.45, 7) is 3.56. The summed E-state index contributed by atoms with van der Waals surface area (Å²) in [6.07, 6.45) is 5.96. The molecule has 1 amide bonds. The van der Waals surface area contributed by atoms with Crippen LogP contribution in [0.1, 0.15) is 18.5 Å². The molecule has 130 valence electrons. The fourth-order valence-corrected chi connectivity index (χ4v) is 3.44. The molecule has 2 aromatic heterocycles. The highest BCUT2D eigenvalue weighted by molar-refractivity contribution is 5.93. The average Bonchev–Trinajstić information content (AvgIpc) is 3.06. The van der Waals surface area contributed by atoms with Crippen LogP contribution in [0.25, 0.3) is 0 Å². The molecule has 0 unspecified atom stereocenters. The van der Waals surface area contributed by atoms with Crippen molar-refractivity contribution in [1.82, 2.24) is 20.2 Å². The van der Waals surface area contributed by atoms with Crippen molar-refractivity contribution in [2.45, 2.75) is 32.0 Å². The first-order chi connectivity index (χ1) is 12.2. The molecular weight excluding hydrogens is 320 g/mol. The summed E-state index contributed by atoms with van der Waals surface area (Å²) in [6, 6.07) is 3.94. The van der Waals surface area contributed by atoms with Crippen molar-refractivity contribution in [3.63, 3.8) is 0 Å². The highest BCUT2D eigenvalue weighted by atomic mass is 16.5. The largest absolute Gasteiger partial charge is 0.363 e. The molecule has 25 heavy (non-hydrogen) atoms. The van der Waals surface area contributed by atoms with Crippen LogP contribution in [0.3, 0.4) is 0 Å². The van der Waals surface area contributed by atoms with Crippen molar-refractivity contribution >= 4 is 17.5 Å². The van der Waals surface area contributed by atoms with Gasteiger partial charge in [0.05, 0.1) is 18.0 Å². The van der Waals surface area contributed by atoms with Gasteiger partial charge in [0.25, 0.3) is 5.91 Å². The molecule has 2 aromatic rings. The second-order valence-electron chi connectivity index (χ2n) is 6.51. The van der Waals surface area contributed by atoms with Gasteiger partial charge in [-0.05, 0) is 37.8 Å². The molecule has 2 aliphatic heterocycles. The number of hydrogen-bond donors (Lipinski definition) is 1. The molecule has 4 heterocycles. The van der Waals surface area contributed by atoms with E-state index in [4.69, 9.17) is 4.74 Å². The van der Waals surface area contributed by atoms with Gasteiger partial charge < -0.3 is 15.0 Å². The van der Waals surface area contributed by atoms with Crippen LogP contribution in [0.2, 0.25) is 0 Å². The van der Waals surface area contributed by atoms with E-state index in [2.05, 4.69) is 30.4 Å². The van der Waals surface area contributed by atoms with E-state index in [1.165, 1.54) is 6.20 Å². The lowest BCUT2D eigenvalue weighted by atomic mass is 9.91. The quantitative estimate of drug-likeness (QED) is 0.897. The Labute approximate surface area is 145 Å². The first-order valence-corrected chi connectivity index (χ1v) is 8.46. The number of amides is 1. The number of fused-ring (bicyclic) bond motifs is 1. The van der Waals surface area contributed by atoms with Gasteiger partial charge in [0.15, 0.2) is 11.6 Å². The summed E-state index contributed by atoms with van der Waals surface area (Å²) in [5.74, 6) is 1.55. The number of rotatable bonds is 3. The number of hydrogen-bond acceptors (Lipinski definition) is 7. The zero-order valence-corrected chi connectivity index (χ0v) is 14.0. The Balaban J connectivity index is 1.38. The number of carbonyl (C=O) groups is 1. The third-order valence-corrected chi connectivity index (χ3v) is 4.77. The maximum absolute atomic E-state index is 12.4. The van der Waals surface area contributed by atoms with Crippen molar-refractivity contribution < 1.29 is 9.53 Å². The van der Waals surface area contributed by atoms with E-state index in [0.29, 0.717) is 11.7 Å². The van der Waals surface area contributed by atoms with Gasteiger partial charge in [-0.2, -0.15) is 5.10 Å². The van der Waals surface area contributed by atoms with Crippen LogP contribution in [0.4, 0.5) is 11.6 Å². The van der Waals surface area contributed by atoms with Crippen LogP contribution in [-0.4, -0.2) is 51.4 Å². The molecular formula is C17H20N6O2. The van der Waals surface area contributed by atoms with E-state index < -0.39 is 6.10 Å². The van der Waals surface area contributed by atoms with E-state index in [-0.39, 0.29) is 12.0 Å². The predicted octanol–water partition coefficient (Wildman–Crippen LogP) is 1.20. The number of nitrogens with zero attached hydrogens (tertiary/aromatic N) is 5. The highest BCUT2D eigenvalue weighted by Gasteiger charge is 2.42. The SMILES string of the molecule is Cc1ccc(N2CC[C@@H]3C[C@H](C(=O)Nc4cnccn4)O[C@H]3C2)nn1. The smallest absolute Gasteiger partial charge is 0.254 e. The highest BCUT2D eigenvalue weighted by Crippen LogP contribution is 2.34. The fourth-order valence-electron chi connectivity index (χ4n) is 3.44. The monoisotopic (exact) mass is 340 g/mol. The van der Waals surface area contributed by atoms with Gasteiger partial charge in [0.1, 0.15) is 6.10 Å². The van der Waals surface area contributed by atoms with Crippen molar-refractivity contribution in [3.8, 4) is 0 Å². The number of anilines is 2. The lowest BCUT2D eigenvalue weighted by Gasteiger charge is -2.34. The summed E-state index contributed by atoms with van der Waals surface area (Å²) in [5.41, 5.74) is 0.900. The van der Waals surface area contributed by atoms with Crippen molar-refractivity contribution in [3.05, 3.63) is 36.4 Å². The van der Waals surface area contributed by atoms with Crippen LogP contribution >= 0.6 is 0 Å². The third kappa shape index (κ3) is 3.43. The van der Waals surface area contributed by atoms with Gasteiger partial charge >= 0.3 is 0 Å². The van der Waals surface area contributed by atoms with Crippen LogP contribution in [0.15, 0.2) is 30.7 Å².